The fourth-order valence-electron chi connectivity index (χ4n) is 2.72. The van der Waals surface area contributed by atoms with Gasteiger partial charge < -0.3 is 9.80 Å². The number of hydrogen-bond donors (Lipinski definition) is 2. The van der Waals surface area contributed by atoms with Crippen LogP contribution in [0, 0.1) is 0 Å². The highest BCUT2D eigenvalue weighted by Gasteiger charge is 2.26. The third kappa shape index (κ3) is 2.92. The number of hydrazine groups is 1. The molecule has 1 unspecified atom stereocenters. The first kappa shape index (κ1) is 14.8. The zero-order valence-corrected chi connectivity index (χ0v) is 12.6. The number of aromatic nitrogens is 3. The number of anilines is 3. The molecule has 2 rings (SSSR count). The van der Waals surface area contributed by atoms with Crippen LogP contribution in [0.25, 0.3) is 0 Å². The summed E-state index contributed by atoms with van der Waals surface area (Å²) in [5, 5.41) is 0. The second kappa shape index (κ2) is 6.69. The summed E-state index contributed by atoms with van der Waals surface area (Å²) < 4.78 is 0. The average Bonchev–Trinajstić information content (AvgIpc) is 2.96. The quantitative estimate of drug-likeness (QED) is 0.601. The third-order valence-corrected chi connectivity index (χ3v) is 3.89. The molecule has 0 radical (unpaired) electrons. The van der Waals surface area contributed by atoms with Gasteiger partial charge in [-0.3, -0.25) is 5.43 Å². The Balaban J connectivity index is 2.34. The van der Waals surface area contributed by atoms with E-state index in [4.69, 9.17) is 5.84 Å². The zero-order chi connectivity index (χ0) is 14.5. The molecule has 0 aromatic carbocycles. The second-order valence-electron chi connectivity index (χ2n) is 4.97. The smallest absolute Gasteiger partial charge is 0.243 e. The van der Waals surface area contributed by atoms with Crippen molar-refractivity contribution in [3.63, 3.8) is 0 Å². The molecule has 20 heavy (non-hydrogen) atoms. The normalized spacial score (nSPS) is 18.4. The van der Waals surface area contributed by atoms with Crippen molar-refractivity contribution in [1.82, 2.24) is 15.0 Å². The molecule has 0 bridgehead atoms. The van der Waals surface area contributed by atoms with Crippen LogP contribution < -0.4 is 21.1 Å². The molecule has 1 fully saturated rings. The maximum Gasteiger partial charge on any atom is 0.243 e. The van der Waals surface area contributed by atoms with Crippen LogP contribution in [-0.2, 0) is 0 Å². The van der Waals surface area contributed by atoms with Gasteiger partial charge in [0.2, 0.25) is 17.8 Å². The molecule has 1 aromatic heterocycles. The highest BCUT2D eigenvalue weighted by atomic mass is 15.4. The van der Waals surface area contributed by atoms with Crippen LogP contribution in [0.1, 0.15) is 40.0 Å². The van der Waals surface area contributed by atoms with Gasteiger partial charge in [-0.1, -0.05) is 6.92 Å². The molecular weight excluding hydrogens is 254 g/mol. The molecule has 112 valence electrons. The van der Waals surface area contributed by atoms with Gasteiger partial charge in [-0.25, -0.2) is 5.84 Å². The van der Waals surface area contributed by atoms with Gasteiger partial charge in [-0.05, 0) is 33.1 Å². The topological polar surface area (TPSA) is 83.2 Å². The average molecular weight is 279 g/mol. The van der Waals surface area contributed by atoms with Crippen molar-refractivity contribution in [3.8, 4) is 0 Å². The number of nitrogen functional groups attached to an aromatic ring is 1. The highest BCUT2D eigenvalue weighted by Crippen LogP contribution is 2.26. The van der Waals surface area contributed by atoms with E-state index in [1.807, 2.05) is 0 Å². The van der Waals surface area contributed by atoms with Gasteiger partial charge in [0.05, 0.1) is 0 Å². The van der Waals surface area contributed by atoms with Crippen LogP contribution in [0.3, 0.4) is 0 Å². The third-order valence-electron chi connectivity index (χ3n) is 3.89. The molecule has 7 nitrogen and oxygen atoms in total. The summed E-state index contributed by atoms with van der Waals surface area (Å²) in [4.78, 5) is 17.8. The van der Waals surface area contributed by atoms with E-state index in [1.54, 1.807) is 0 Å². The number of hydrogen-bond acceptors (Lipinski definition) is 7. The molecular formula is C13H25N7. The van der Waals surface area contributed by atoms with Crippen molar-refractivity contribution in [1.29, 1.82) is 0 Å². The van der Waals surface area contributed by atoms with E-state index in [2.05, 4.69) is 50.9 Å². The zero-order valence-electron chi connectivity index (χ0n) is 12.6. The molecule has 0 aliphatic carbocycles. The fraction of sp³-hybridized carbons (Fsp3) is 0.769. The summed E-state index contributed by atoms with van der Waals surface area (Å²) in [6, 6.07) is 0.521. The highest BCUT2D eigenvalue weighted by molar-refractivity contribution is 5.46. The van der Waals surface area contributed by atoms with Gasteiger partial charge in [0.25, 0.3) is 0 Å². The molecule has 7 heteroatoms. The lowest BCUT2D eigenvalue weighted by molar-refractivity contribution is 0.632. The minimum Gasteiger partial charge on any atom is -0.341 e. The van der Waals surface area contributed by atoms with Gasteiger partial charge in [0, 0.05) is 25.7 Å². The molecule has 1 atom stereocenters. The molecule has 3 N–H and O–H groups in total. The van der Waals surface area contributed by atoms with Crippen molar-refractivity contribution in [2.24, 2.45) is 5.84 Å². The predicted octanol–water partition coefficient (Wildman–Crippen LogP) is 1.38. The molecule has 1 aromatic rings. The molecule has 1 aliphatic heterocycles. The van der Waals surface area contributed by atoms with Crippen molar-refractivity contribution in [3.05, 3.63) is 0 Å². The summed E-state index contributed by atoms with van der Waals surface area (Å²) in [7, 11) is 0. The first-order valence-corrected chi connectivity index (χ1v) is 7.47. The summed E-state index contributed by atoms with van der Waals surface area (Å²) in [6.45, 7) is 9.12. The molecule has 0 saturated carbocycles. The number of rotatable bonds is 6. The van der Waals surface area contributed by atoms with Crippen molar-refractivity contribution >= 4 is 17.8 Å². The van der Waals surface area contributed by atoms with E-state index in [0.717, 1.165) is 32.0 Å². The van der Waals surface area contributed by atoms with E-state index in [-0.39, 0.29) is 0 Å². The molecule has 0 spiro atoms. The Labute approximate surface area is 120 Å². The first-order valence-electron chi connectivity index (χ1n) is 7.47. The molecule has 0 amide bonds. The van der Waals surface area contributed by atoms with Gasteiger partial charge >= 0.3 is 0 Å². The van der Waals surface area contributed by atoms with E-state index < -0.39 is 0 Å². The van der Waals surface area contributed by atoms with Crippen molar-refractivity contribution < 1.29 is 0 Å². The summed E-state index contributed by atoms with van der Waals surface area (Å²) >= 11 is 0. The Hall–Kier alpha value is -1.63. The minimum atomic E-state index is 0.429. The molecule has 2 heterocycles. The summed E-state index contributed by atoms with van der Waals surface area (Å²) in [5.74, 6) is 7.35. The summed E-state index contributed by atoms with van der Waals surface area (Å²) in [5.41, 5.74) is 2.55. The fourth-order valence-corrected chi connectivity index (χ4v) is 2.72. The van der Waals surface area contributed by atoms with Crippen molar-refractivity contribution in [2.45, 2.75) is 46.1 Å². The van der Waals surface area contributed by atoms with Crippen LogP contribution in [0.4, 0.5) is 17.8 Å². The van der Waals surface area contributed by atoms with Crippen LogP contribution >= 0.6 is 0 Å². The number of nitrogens with two attached hydrogens (primary N) is 1. The Kier molecular flexibility index (Phi) is 4.94. The van der Waals surface area contributed by atoms with Crippen molar-refractivity contribution in [2.75, 3.05) is 34.9 Å². The largest absolute Gasteiger partial charge is 0.341 e. The number of nitrogens with one attached hydrogen (secondary N) is 1. The van der Waals surface area contributed by atoms with E-state index in [1.165, 1.54) is 12.8 Å². The second-order valence-corrected chi connectivity index (χ2v) is 4.97. The lowest BCUT2D eigenvalue weighted by atomic mass is 10.2. The SMILES string of the molecule is CCC1CCCN1c1nc(NN)nc(N(CC)CC)n1. The maximum atomic E-state index is 5.50. The Morgan fingerprint density at radius 3 is 2.60 bits per heavy atom. The monoisotopic (exact) mass is 279 g/mol. The van der Waals surface area contributed by atoms with Crippen LogP contribution in [-0.4, -0.2) is 40.6 Å². The van der Waals surface area contributed by atoms with E-state index in [9.17, 15) is 0 Å². The Morgan fingerprint density at radius 1 is 1.25 bits per heavy atom. The van der Waals surface area contributed by atoms with Crippen LogP contribution in [0.2, 0.25) is 0 Å². The standard InChI is InChI=1S/C13H25N7/c1-4-10-8-7-9-20(10)13-16-11(18-14)15-12(17-13)19(5-2)6-3/h10H,4-9,14H2,1-3H3,(H,15,16,17,18). The predicted molar refractivity (Wildman–Crippen MR) is 81.9 cm³/mol. The van der Waals surface area contributed by atoms with Crippen LogP contribution in [0.15, 0.2) is 0 Å². The lowest BCUT2D eigenvalue weighted by Crippen LogP contribution is -2.32. The maximum absolute atomic E-state index is 5.50. The number of nitrogens with zero attached hydrogens (tertiary/aromatic N) is 5. The lowest BCUT2D eigenvalue weighted by Gasteiger charge is -2.26. The van der Waals surface area contributed by atoms with Gasteiger partial charge in [-0.2, -0.15) is 15.0 Å². The van der Waals surface area contributed by atoms with Gasteiger partial charge in [-0.15, -0.1) is 0 Å². The first-order chi connectivity index (χ1) is 9.73. The molecule has 1 aliphatic rings. The molecule has 1 saturated heterocycles. The van der Waals surface area contributed by atoms with Gasteiger partial charge in [0.15, 0.2) is 0 Å². The Morgan fingerprint density at radius 2 is 2.00 bits per heavy atom. The Bertz CT molecular complexity index is 433. The van der Waals surface area contributed by atoms with E-state index in [0.29, 0.717) is 17.9 Å². The summed E-state index contributed by atoms with van der Waals surface area (Å²) in [6.07, 6.45) is 3.50. The van der Waals surface area contributed by atoms with E-state index >= 15 is 0 Å². The minimum absolute atomic E-state index is 0.429. The van der Waals surface area contributed by atoms with Crippen LogP contribution in [0.5, 0.6) is 0 Å². The van der Waals surface area contributed by atoms with Gasteiger partial charge in [0.1, 0.15) is 0 Å².